The van der Waals surface area contributed by atoms with Crippen LogP contribution >= 0.6 is 0 Å². The monoisotopic (exact) mass is 412 g/mol. The molecule has 0 aromatic heterocycles. The molecule has 0 aliphatic heterocycles. The first-order valence-electron chi connectivity index (χ1n) is 12.7. The normalized spacial score (nSPS) is 52.6. The van der Waals surface area contributed by atoms with Gasteiger partial charge >= 0.3 is 0 Å². The molecule has 30 heavy (non-hydrogen) atoms. The third kappa shape index (κ3) is 2.81. The van der Waals surface area contributed by atoms with Crippen LogP contribution in [0, 0.1) is 45.3 Å². The first kappa shape index (κ1) is 19.8. The summed E-state index contributed by atoms with van der Waals surface area (Å²) >= 11 is 0. The molecule has 4 unspecified atom stereocenters. The zero-order valence-electron chi connectivity index (χ0n) is 19.0. The molecule has 4 heteroatoms. The van der Waals surface area contributed by atoms with Crippen LogP contribution in [0.1, 0.15) is 84.0 Å². The Bertz CT molecular complexity index is 745. The number of hydrogen-bond acceptors (Lipinski definition) is 3. The van der Waals surface area contributed by atoms with Crippen LogP contribution in [-0.2, 0) is 9.59 Å². The lowest BCUT2D eigenvalue weighted by Gasteiger charge is -2.63. The van der Waals surface area contributed by atoms with Crippen molar-refractivity contribution in [3.63, 3.8) is 0 Å². The number of amides is 1. The summed E-state index contributed by atoms with van der Waals surface area (Å²) in [6, 6.07) is 0. The molecule has 8 aliphatic rings. The molecule has 2 N–H and O–H groups in total. The summed E-state index contributed by atoms with van der Waals surface area (Å²) in [5, 5.41) is 7.03. The lowest BCUT2D eigenvalue weighted by Crippen LogP contribution is -2.61. The maximum Gasteiger partial charge on any atom is 0.226 e. The molecule has 0 spiro atoms. The SMILES string of the molecule is CNCC12CC3CC(C1)CC(CNC(=O)C14CC5CC(CC(C(C)=O)(C5)C1)C4)(C3)C2. The van der Waals surface area contributed by atoms with E-state index in [9.17, 15) is 9.59 Å². The van der Waals surface area contributed by atoms with Crippen molar-refractivity contribution >= 4 is 11.7 Å². The highest BCUT2D eigenvalue weighted by atomic mass is 16.2. The quantitative estimate of drug-likeness (QED) is 0.691. The van der Waals surface area contributed by atoms with E-state index in [-0.39, 0.29) is 10.8 Å². The molecule has 4 atom stereocenters. The van der Waals surface area contributed by atoms with E-state index in [4.69, 9.17) is 0 Å². The van der Waals surface area contributed by atoms with Crippen LogP contribution in [0.3, 0.4) is 0 Å². The number of ketones is 1. The van der Waals surface area contributed by atoms with E-state index < -0.39 is 0 Å². The molecule has 0 radical (unpaired) electrons. The second-order valence-electron chi connectivity index (χ2n) is 13.3. The summed E-state index contributed by atoms with van der Waals surface area (Å²) < 4.78 is 0. The van der Waals surface area contributed by atoms with Crippen LogP contribution in [0.25, 0.3) is 0 Å². The van der Waals surface area contributed by atoms with Gasteiger partial charge in [0.15, 0.2) is 0 Å². The maximum absolute atomic E-state index is 13.7. The minimum absolute atomic E-state index is 0.182. The van der Waals surface area contributed by atoms with Gasteiger partial charge in [0.1, 0.15) is 5.78 Å². The molecule has 8 aliphatic carbocycles. The van der Waals surface area contributed by atoms with E-state index in [1.54, 1.807) is 6.92 Å². The summed E-state index contributed by atoms with van der Waals surface area (Å²) in [6.07, 6.45) is 14.4. The predicted octanol–water partition coefficient (Wildman–Crippen LogP) is 4.08. The van der Waals surface area contributed by atoms with Crippen molar-refractivity contribution in [2.45, 2.75) is 84.0 Å². The largest absolute Gasteiger partial charge is 0.355 e. The molecule has 8 saturated carbocycles. The summed E-state index contributed by atoms with van der Waals surface area (Å²) in [5.41, 5.74) is 0.375. The fourth-order valence-electron chi connectivity index (χ4n) is 10.8. The predicted molar refractivity (Wildman–Crippen MR) is 117 cm³/mol. The summed E-state index contributed by atoms with van der Waals surface area (Å²) in [6.45, 7) is 3.81. The minimum atomic E-state index is -0.249. The van der Waals surface area contributed by atoms with Crippen LogP contribution in [0.5, 0.6) is 0 Å². The Morgan fingerprint density at radius 2 is 1.23 bits per heavy atom. The topological polar surface area (TPSA) is 58.2 Å². The van der Waals surface area contributed by atoms with Crippen molar-refractivity contribution in [3.8, 4) is 0 Å². The lowest BCUT2D eigenvalue weighted by atomic mass is 9.43. The molecule has 166 valence electrons. The fourth-order valence-corrected chi connectivity index (χ4v) is 10.8. The van der Waals surface area contributed by atoms with E-state index in [2.05, 4.69) is 17.7 Å². The zero-order chi connectivity index (χ0) is 20.8. The average molecular weight is 413 g/mol. The van der Waals surface area contributed by atoms with Crippen LogP contribution in [0.4, 0.5) is 0 Å². The van der Waals surface area contributed by atoms with E-state index in [1.165, 1.54) is 44.9 Å². The van der Waals surface area contributed by atoms with Crippen molar-refractivity contribution in [1.29, 1.82) is 0 Å². The van der Waals surface area contributed by atoms with Gasteiger partial charge in [-0.05, 0) is 126 Å². The molecule has 8 rings (SSSR count). The van der Waals surface area contributed by atoms with E-state index in [0.29, 0.717) is 34.4 Å². The van der Waals surface area contributed by atoms with Gasteiger partial charge in [-0.2, -0.15) is 0 Å². The van der Waals surface area contributed by atoms with Crippen molar-refractivity contribution in [1.82, 2.24) is 10.6 Å². The maximum atomic E-state index is 13.7. The highest BCUT2D eigenvalue weighted by molar-refractivity contribution is 5.88. The number of carbonyl (C=O) groups is 2. The molecular weight excluding hydrogens is 372 g/mol. The molecule has 4 nitrogen and oxygen atoms in total. The van der Waals surface area contributed by atoms with Gasteiger partial charge in [-0.3, -0.25) is 9.59 Å². The van der Waals surface area contributed by atoms with Gasteiger partial charge in [0, 0.05) is 18.5 Å². The third-order valence-corrected chi connectivity index (χ3v) is 10.8. The molecule has 1 amide bonds. The first-order valence-corrected chi connectivity index (χ1v) is 12.7. The molecule has 8 fully saturated rings. The van der Waals surface area contributed by atoms with Crippen LogP contribution in [0.15, 0.2) is 0 Å². The summed E-state index contributed by atoms with van der Waals surface area (Å²) in [4.78, 5) is 26.3. The Balaban J connectivity index is 1.20. The van der Waals surface area contributed by atoms with Crippen LogP contribution < -0.4 is 10.6 Å². The fraction of sp³-hybridized carbons (Fsp3) is 0.923. The van der Waals surface area contributed by atoms with Gasteiger partial charge in [0.05, 0.1) is 5.41 Å². The number of rotatable bonds is 6. The van der Waals surface area contributed by atoms with E-state index in [0.717, 1.165) is 57.0 Å². The number of hydrogen-bond donors (Lipinski definition) is 2. The number of Topliss-reactive ketones (excluding diaryl/α,β-unsaturated/α-hetero) is 1. The Hall–Kier alpha value is -0.900. The Labute approximate surface area is 181 Å². The molecule has 0 saturated heterocycles. The Morgan fingerprint density at radius 1 is 0.733 bits per heavy atom. The average Bonchev–Trinajstić information content (AvgIpc) is 2.64. The molecule has 0 heterocycles. The van der Waals surface area contributed by atoms with Gasteiger partial charge in [-0.15, -0.1) is 0 Å². The smallest absolute Gasteiger partial charge is 0.226 e. The summed E-state index contributed by atoms with van der Waals surface area (Å²) in [7, 11) is 2.10. The second-order valence-corrected chi connectivity index (χ2v) is 13.3. The molecule has 0 aromatic rings. The number of nitrogens with one attached hydrogen (secondary N) is 2. The van der Waals surface area contributed by atoms with Gasteiger partial charge in [-0.1, -0.05) is 0 Å². The Kier molecular flexibility index (Phi) is 4.17. The number of carbonyl (C=O) groups excluding carboxylic acids is 2. The summed E-state index contributed by atoms with van der Waals surface area (Å²) in [5.74, 6) is 3.59. The zero-order valence-corrected chi connectivity index (χ0v) is 19.0. The lowest BCUT2D eigenvalue weighted by molar-refractivity contribution is -0.166. The molecule has 0 aromatic carbocycles. The van der Waals surface area contributed by atoms with Crippen molar-refractivity contribution in [2.24, 2.45) is 45.3 Å². The molecule has 8 bridgehead atoms. The van der Waals surface area contributed by atoms with E-state index >= 15 is 0 Å². The van der Waals surface area contributed by atoms with Gasteiger partial charge in [0.25, 0.3) is 0 Å². The van der Waals surface area contributed by atoms with Crippen molar-refractivity contribution in [3.05, 3.63) is 0 Å². The third-order valence-electron chi connectivity index (χ3n) is 10.8. The highest BCUT2D eigenvalue weighted by Gasteiger charge is 2.63. The minimum Gasteiger partial charge on any atom is -0.355 e. The standard InChI is InChI=1S/C26H40N2O2/c1-17(29)25-9-20-4-21(10-25)12-26(11-20,14-25)22(30)28-16-24-7-18-3-19(8-24)6-23(5-18,13-24)15-27-2/h18-21,27H,3-16H2,1-2H3,(H,28,30). The highest BCUT2D eigenvalue weighted by Crippen LogP contribution is 2.67. The van der Waals surface area contributed by atoms with Gasteiger partial charge in [0.2, 0.25) is 5.91 Å². The Morgan fingerprint density at radius 3 is 1.77 bits per heavy atom. The van der Waals surface area contributed by atoms with Crippen LogP contribution in [-0.4, -0.2) is 31.8 Å². The van der Waals surface area contributed by atoms with Gasteiger partial charge < -0.3 is 10.6 Å². The van der Waals surface area contributed by atoms with Gasteiger partial charge in [-0.25, -0.2) is 0 Å². The van der Waals surface area contributed by atoms with Crippen LogP contribution in [0.2, 0.25) is 0 Å². The van der Waals surface area contributed by atoms with Crippen molar-refractivity contribution < 1.29 is 9.59 Å². The van der Waals surface area contributed by atoms with E-state index in [1.807, 2.05) is 0 Å². The molecular formula is C26H40N2O2. The van der Waals surface area contributed by atoms with Crippen molar-refractivity contribution in [2.75, 3.05) is 20.1 Å². The second kappa shape index (κ2) is 6.33. The first-order chi connectivity index (χ1) is 14.3.